The van der Waals surface area contributed by atoms with Crippen molar-refractivity contribution in [2.45, 2.75) is 32.7 Å². The fraction of sp³-hybridized carbons (Fsp3) is 0.625. The SMILES string of the molecule is CCCCCN(C)c1ccc(CNCCOC)cc1Cl. The van der Waals surface area contributed by atoms with Crippen LogP contribution in [0, 0.1) is 0 Å². The number of rotatable bonds is 10. The van der Waals surface area contributed by atoms with Gasteiger partial charge in [0.05, 0.1) is 17.3 Å². The molecule has 1 aromatic carbocycles. The second-order valence-electron chi connectivity index (χ2n) is 5.08. The van der Waals surface area contributed by atoms with E-state index in [0.717, 1.165) is 37.0 Å². The lowest BCUT2D eigenvalue weighted by atomic mass is 10.2. The highest BCUT2D eigenvalue weighted by Crippen LogP contribution is 2.26. The average Bonchev–Trinajstić information content (AvgIpc) is 2.44. The molecule has 0 saturated carbocycles. The lowest BCUT2D eigenvalue weighted by molar-refractivity contribution is 0.199. The summed E-state index contributed by atoms with van der Waals surface area (Å²) in [6, 6.07) is 6.30. The monoisotopic (exact) mass is 298 g/mol. The predicted octanol–water partition coefficient (Wildman–Crippen LogP) is 3.70. The number of unbranched alkanes of at least 4 members (excludes halogenated alkanes) is 2. The van der Waals surface area contributed by atoms with E-state index in [1.807, 2.05) is 6.07 Å². The summed E-state index contributed by atoms with van der Waals surface area (Å²) in [5, 5.41) is 4.15. The number of ether oxygens (including phenoxy) is 1. The number of nitrogens with one attached hydrogen (secondary N) is 1. The highest BCUT2D eigenvalue weighted by Gasteiger charge is 2.06. The summed E-state index contributed by atoms with van der Waals surface area (Å²) in [5.41, 5.74) is 2.32. The third kappa shape index (κ3) is 6.12. The number of anilines is 1. The second-order valence-corrected chi connectivity index (χ2v) is 5.49. The molecule has 0 saturated heterocycles. The summed E-state index contributed by atoms with van der Waals surface area (Å²) in [4.78, 5) is 2.24. The molecule has 114 valence electrons. The van der Waals surface area contributed by atoms with E-state index in [1.54, 1.807) is 7.11 Å². The molecular weight excluding hydrogens is 272 g/mol. The molecule has 4 heteroatoms. The Kier molecular flexibility index (Phi) is 8.67. The molecule has 0 aliphatic heterocycles. The topological polar surface area (TPSA) is 24.5 Å². The zero-order valence-electron chi connectivity index (χ0n) is 12.9. The zero-order valence-corrected chi connectivity index (χ0v) is 13.7. The molecule has 1 N–H and O–H groups in total. The van der Waals surface area contributed by atoms with Crippen LogP contribution in [-0.2, 0) is 11.3 Å². The summed E-state index contributed by atoms with van der Waals surface area (Å²) in [7, 11) is 3.81. The van der Waals surface area contributed by atoms with Crippen molar-refractivity contribution in [2.75, 3.05) is 38.8 Å². The summed E-state index contributed by atoms with van der Waals surface area (Å²) >= 11 is 6.38. The Hall–Kier alpha value is -0.770. The molecule has 0 spiro atoms. The van der Waals surface area contributed by atoms with Gasteiger partial charge in [-0.1, -0.05) is 37.4 Å². The van der Waals surface area contributed by atoms with E-state index in [0.29, 0.717) is 0 Å². The van der Waals surface area contributed by atoms with Gasteiger partial charge in [-0.15, -0.1) is 0 Å². The molecule has 0 aromatic heterocycles. The van der Waals surface area contributed by atoms with Crippen LogP contribution in [0.3, 0.4) is 0 Å². The lowest BCUT2D eigenvalue weighted by Gasteiger charge is -2.21. The molecule has 0 amide bonds. The molecule has 0 aliphatic rings. The smallest absolute Gasteiger partial charge is 0.0642 e. The van der Waals surface area contributed by atoms with Crippen LogP contribution in [0.4, 0.5) is 5.69 Å². The van der Waals surface area contributed by atoms with E-state index in [1.165, 1.54) is 24.8 Å². The summed E-state index contributed by atoms with van der Waals surface area (Å²) < 4.78 is 5.01. The van der Waals surface area contributed by atoms with Gasteiger partial charge < -0.3 is 15.0 Å². The lowest BCUT2D eigenvalue weighted by Crippen LogP contribution is -2.20. The molecule has 0 radical (unpaired) electrons. The fourth-order valence-corrected chi connectivity index (χ4v) is 2.44. The maximum Gasteiger partial charge on any atom is 0.0642 e. The van der Waals surface area contributed by atoms with Crippen LogP contribution in [-0.4, -0.2) is 33.9 Å². The molecule has 0 heterocycles. The van der Waals surface area contributed by atoms with Crippen LogP contribution in [0.2, 0.25) is 5.02 Å². The van der Waals surface area contributed by atoms with Crippen molar-refractivity contribution in [3.63, 3.8) is 0 Å². The summed E-state index contributed by atoms with van der Waals surface area (Å²) in [6.07, 6.45) is 3.72. The van der Waals surface area contributed by atoms with Crippen molar-refractivity contribution in [3.05, 3.63) is 28.8 Å². The molecule has 3 nitrogen and oxygen atoms in total. The van der Waals surface area contributed by atoms with Crippen LogP contribution in [0.1, 0.15) is 31.7 Å². The van der Waals surface area contributed by atoms with Crippen LogP contribution in [0.5, 0.6) is 0 Å². The van der Waals surface area contributed by atoms with E-state index in [-0.39, 0.29) is 0 Å². The minimum Gasteiger partial charge on any atom is -0.383 e. The number of nitrogens with zero attached hydrogens (tertiary/aromatic N) is 1. The maximum absolute atomic E-state index is 6.38. The van der Waals surface area contributed by atoms with Gasteiger partial charge in [-0.05, 0) is 24.1 Å². The quantitative estimate of drug-likeness (QED) is 0.667. The van der Waals surface area contributed by atoms with Gasteiger partial charge in [-0.3, -0.25) is 0 Å². The Balaban J connectivity index is 2.49. The van der Waals surface area contributed by atoms with Crippen LogP contribution < -0.4 is 10.2 Å². The van der Waals surface area contributed by atoms with Gasteiger partial charge in [0, 0.05) is 33.8 Å². The van der Waals surface area contributed by atoms with E-state index < -0.39 is 0 Å². The number of methoxy groups -OCH3 is 1. The highest BCUT2D eigenvalue weighted by atomic mass is 35.5. The minimum absolute atomic E-state index is 0.728. The maximum atomic E-state index is 6.38. The summed E-state index contributed by atoms with van der Waals surface area (Å²) in [6.45, 7) is 5.68. The number of benzene rings is 1. The van der Waals surface area contributed by atoms with Gasteiger partial charge in [0.15, 0.2) is 0 Å². The van der Waals surface area contributed by atoms with E-state index in [9.17, 15) is 0 Å². The third-order valence-corrected chi connectivity index (χ3v) is 3.64. The number of halogens is 1. The van der Waals surface area contributed by atoms with Crippen molar-refractivity contribution in [1.82, 2.24) is 5.32 Å². The fourth-order valence-electron chi connectivity index (χ4n) is 2.10. The van der Waals surface area contributed by atoms with Crippen molar-refractivity contribution >= 4 is 17.3 Å². The van der Waals surface area contributed by atoms with Gasteiger partial charge in [0.25, 0.3) is 0 Å². The first kappa shape index (κ1) is 17.3. The normalized spacial score (nSPS) is 10.8. The third-order valence-electron chi connectivity index (χ3n) is 3.33. The van der Waals surface area contributed by atoms with Crippen LogP contribution >= 0.6 is 11.6 Å². The molecule has 0 aliphatic carbocycles. The first-order valence-electron chi connectivity index (χ1n) is 7.38. The molecule has 0 bridgehead atoms. The number of hydrogen-bond acceptors (Lipinski definition) is 3. The van der Waals surface area contributed by atoms with Crippen molar-refractivity contribution in [1.29, 1.82) is 0 Å². The molecule has 0 fully saturated rings. The van der Waals surface area contributed by atoms with Crippen molar-refractivity contribution in [3.8, 4) is 0 Å². The van der Waals surface area contributed by atoms with Gasteiger partial charge >= 0.3 is 0 Å². The van der Waals surface area contributed by atoms with E-state index in [2.05, 4.69) is 36.3 Å². The van der Waals surface area contributed by atoms with Crippen LogP contribution in [0.25, 0.3) is 0 Å². The zero-order chi connectivity index (χ0) is 14.8. The Labute approximate surface area is 128 Å². The van der Waals surface area contributed by atoms with Gasteiger partial charge in [-0.2, -0.15) is 0 Å². The first-order chi connectivity index (χ1) is 9.69. The molecule has 0 atom stereocenters. The van der Waals surface area contributed by atoms with Crippen molar-refractivity contribution < 1.29 is 4.74 Å². The number of hydrogen-bond donors (Lipinski definition) is 1. The minimum atomic E-state index is 0.728. The second kappa shape index (κ2) is 10.0. The predicted molar refractivity (Wildman–Crippen MR) is 87.8 cm³/mol. The van der Waals surface area contributed by atoms with Crippen LogP contribution in [0.15, 0.2) is 18.2 Å². The Morgan fingerprint density at radius 1 is 1.30 bits per heavy atom. The highest BCUT2D eigenvalue weighted by molar-refractivity contribution is 6.33. The Morgan fingerprint density at radius 3 is 2.75 bits per heavy atom. The first-order valence-corrected chi connectivity index (χ1v) is 7.76. The largest absolute Gasteiger partial charge is 0.383 e. The molecule has 20 heavy (non-hydrogen) atoms. The van der Waals surface area contributed by atoms with E-state index in [4.69, 9.17) is 16.3 Å². The molecule has 1 aromatic rings. The molecule has 0 unspecified atom stereocenters. The van der Waals surface area contributed by atoms with E-state index >= 15 is 0 Å². The molecule has 1 rings (SSSR count). The average molecular weight is 299 g/mol. The summed E-state index contributed by atoms with van der Waals surface area (Å²) in [5.74, 6) is 0. The standard InChI is InChI=1S/C16H27ClN2O/c1-4-5-6-10-19(2)16-8-7-14(12-15(16)17)13-18-9-11-20-3/h7-8,12,18H,4-6,9-11,13H2,1-3H3. The van der Waals surface area contributed by atoms with Gasteiger partial charge in [-0.25, -0.2) is 0 Å². The van der Waals surface area contributed by atoms with Gasteiger partial charge in [0.2, 0.25) is 0 Å². The van der Waals surface area contributed by atoms with Crippen molar-refractivity contribution in [2.24, 2.45) is 0 Å². The molecular formula is C16H27ClN2O. The van der Waals surface area contributed by atoms with Gasteiger partial charge in [0.1, 0.15) is 0 Å². The Bertz CT molecular complexity index is 385. The Morgan fingerprint density at radius 2 is 2.10 bits per heavy atom.